The number of carbonyl (C=O) groups is 2. The first-order valence-corrected chi connectivity index (χ1v) is 13.9. The highest BCUT2D eigenvalue weighted by Crippen LogP contribution is 2.86. The predicted molar refractivity (Wildman–Crippen MR) is 133 cm³/mol. The molecular formula is C30H46O4. The van der Waals surface area contributed by atoms with Crippen molar-refractivity contribution in [1.82, 2.24) is 0 Å². The van der Waals surface area contributed by atoms with Crippen molar-refractivity contribution in [3.63, 3.8) is 0 Å². The molecule has 0 aromatic rings. The number of ether oxygens (including phenoxy) is 1. The standard InChI is InChI=1S/C30H46O4/c1-19(9-8-10-20(2)24(32)33)21-11-15-28(7)26(21,5)17-18-29-27(6)14-13-23(31)25(3,4)22(27)12-16-30(28,29)34-29/h10,19,21-22H,8-9,11-18H2,1-7H3,(H,32,33)/b20-10-/t19-,21-,22?,26-,27+,28-,29?,30?/m1/s1. The minimum atomic E-state index is -0.807. The predicted octanol–water partition coefficient (Wildman–Crippen LogP) is 6.96. The molecule has 0 spiro atoms. The lowest BCUT2D eigenvalue weighted by molar-refractivity contribution is -0.154. The minimum Gasteiger partial charge on any atom is -0.478 e. The van der Waals surface area contributed by atoms with E-state index >= 15 is 0 Å². The van der Waals surface area contributed by atoms with E-state index in [1.54, 1.807) is 6.92 Å². The lowest BCUT2D eigenvalue weighted by Crippen LogP contribution is -2.65. The van der Waals surface area contributed by atoms with Gasteiger partial charge in [0.05, 0.1) is 0 Å². The molecule has 34 heavy (non-hydrogen) atoms. The lowest BCUT2D eigenvalue weighted by Gasteiger charge is -2.62. The first kappa shape index (κ1) is 24.5. The zero-order valence-electron chi connectivity index (χ0n) is 22.6. The molecule has 4 nitrogen and oxygen atoms in total. The molecule has 0 aromatic heterocycles. The van der Waals surface area contributed by atoms with Gasteiger partial charge in [-0.1, -0.05) is 47.6 Å². The van der Waals surface area contributed by atoms with Gasteiger partial charge in [0.2, 0.25) is 0 Å². The van der Waals surface area contributed by atoms with Crippen LogP contribution in [0.1, 0.15) is 113 Å². The van der Waals surface area contributed by atoms with Crippen LogP contribution in [-0.4, -0.2) is 28.1 Å². The summed E-state index contributed by atoms with van der Waals surface area (Å²) >= 11 is 0. The Kier molecular flexibility index (Phi) is 5.20. The van der Waals surface area contributed by atoms with Crippen molar-refractivity contribution in [2.24, 2.45) is 39.4 Å². The molecule has 0 aromatic carbocycles. The molecule has 3 unspecified atom stereocenters. The van der Waals surface area contributed by atoms with Gasteiger partial charge in [-0.15, -0.1) is 0 Å². The molecule has 5 aliphatic rings. The third-order valence-electron chi connectivity index (χ3n) is 12.9. The topological polar surface area (TPSA) is 66.9 Å². The van der Waals surface area contributed by atoms with Crippen LogP contribution in [0, 0.1) is 39.4 Å². The van der Waals surface area contributed by atoms with E-state index in [9.17, 15) is 14.7 Å². The van der Waals surface area contributed by atoms with Crippen molar-refractivity contribution in [2.75, 3.05) is 0 Å². The van der Waals surface area contributed by atoms with Crippen LogP contribution < -0.4 is 0 Å². The molecule has 1 saturated heterocycles. The van der Waals surface area contributed by atoms with Crippen molar-refractivity contribution in [3.05, 3.63) is 11.6 Å². The fraction of sp³-hybridized carbons (Fsp3) is 0.867. The first-order chi connectivity index (χ1) is 15.7. The fourth-order valence-electron chi connectivity index (χ4n) is 10.6. The van der Waals surface area contributed by atoms with Crippen LogP contribution in [0.4, 0.5) is 0 Å². The Bertz CT molecular complexity index is 949. The minimum absolute atomic E-state index is 0.0248. The van der Waals surface area contributed by atoms with E-state index < -0.39 is 5.97 Å². The maximum atomic E-state index is 12.9. The molecule has 0 amide bonds. The lowest BCUT2D eigenvalue weighted by atomic mass is 9.38. The summed E-state index contributed by atoms with van der Waals surface area (Å²) in [6.07, 6.45) is 12.5. The number of aliphatic carboxylic acids is 1. The normalized spacial score (nSPS) is 50.0. The maximum Gasteiger partial charge on any atom is 0.330 e. The zero-order valence-corrected chi connectivity index (χ0v) is 22.6. The summed E-state index contributed by atoms with van der Waals surface area (Å²) in [6.45, 7) is 16.1. The molecular weight excluding hydrogens is 424 g/mol. The highest BCUT2D eigenvalue weighted by molar-refractivity contribution is 5.86. The molecule has 5 fully saturated rings. The van der Waals surface area contributed by atoms with E-state index in [4.69, 9.17) is 4.74 Å². The van der Waals surface area contributed by atoms with Crippen LogP contribution in [0.2, 0.25) is 0 Å². The SMILES string of the molecule is C/C(=C/CC[C@@H](C)[C@H]1CC[C@@]2(C)C34CCC5C(C)(C)C(=O)CC[C@]5(C)C3(CC[C@]12C)O4)C(=O)O. The van der Waals surface area contributed by atoms with Crippen molar-refractivity contribution < 1.29 is 19.4 Å². The Morgan fingerprint density at radius 3 is 2.41 bits per heavy atom. The summed E-state index contributed by atoms with van der Waals surface area (Å²) < 4.78 is 7.18. The van der Waals surface area contributed by atoms with Crippen molar-refractivity contribution in [3.8, 4) is 0 Å². The van der Waals surface area contributed by atoms with E-state index in [1.807, 2.05) is 6.08 Å². The average Bonchev–Trinajstić information content (AvgIpc) is 3.40. The summed E-state index contributed by atoms with van der Waals surface area (Å²) in [7, 11) is 0. The fourth-order valence-corrected chi connectivity index (χ4v) is 10.6. The third-order valence-corrected chi connectivity index (χ3v) is 12.9. The summed E-state index contributed by atoms with van der Waals surface area (Å²) in [5.74, 6) is 1.30. The number of hydrogen-bond acceptors (Lipinski definition) is 3. The summed E-state index contributed by atoms with van der Waals surface area (Å²) in [5, 5.41) is 9.18. The Morgan fingerprint density at radius 1 is 1.03 bits per heavy atom. The van der Waals surface area contributed by atoms with Gasteiger partial charge in [-0.25, -0.2) is 4.79 Å². The van der Waals surface area contributed by atoms with Gasteiger partial charge in [-0.2, -0.15) is 0 Å². The molecule has 1 N–H and O–H groups in total. The quantitative estimate of drug-likeness (QED) is 0.348. The smallest absolute Gasteiger partial charge is 0.330 e. The number of ketones is 1. The van der Waals surface area contributed by atoms with E-state index in [1.165, 1.54) is 19.3 Å². The van der Waals surface area contributed by atoms with Gasteiger partial charge < -0.3 is 9.84 Å². The van der Waals surface area contributed by atoms with E-state index in [2.05, 4.69) is 41.5 Å². The summed E-state index contributed by atoms with van der Waals surface area (Å²) in [4.78, 5) is 24.1. The molecule has 0 bridgehead atoms. The number of hydrogen-bond donors (Lipinski definition) is 1. The average molecular weight is 471 g/mol. The second-order valence-corrected chi connectivity index (χ2v) is 14.1. The Morgan fingerprint density at radius 2 is 1.74 bits per heavy atom. The number of rotatable bonds is 5. The monoisotopic (exact) mass is 470 g/mol. The largest absolute Gasteiger partial charge is 0.478 e. The van der Waals surface area contributed by atoms with Crippen molar-refractivity contribution in [2.45, 2.75) is 124 Å². The molecule has 5 rings (SSSR count). The summed E-state index contributed by atoms with van der Waals surface area (Å²) in [6, 6.07) is 0. The van der Waals surface area contributed by atoms with Crippen LogP contribution >= 0.6 is 0 Å². The number of fused-ring (bicyclic) bond motifs is 2. The Balaban J connectivity index is 1.42. The molecule has 0 radical (unpaired) electrons. The van der Waals surface area contributed by atoms with Gasteiger partial charge in [0.15, 0.2) is 0 Å². The van der Waals surface area contributed by atoms with Crippen LogP contribution in [0.25, 0.3) is 0 Å². The van der Waals surface area contributed by atoms with E-state index in [0.29, 0.717) is 35.5 Å². The summed E-state index contributed by atoms with van der Waals surface area (Å²) in [5.41, 5.74) is 0.662. The highest BCUT2D eigenvalue weighted by Gasteiger charge is 2.90. The first-order valence-electron chi connectivity index (χ1n) is 13.9. The van der Waals surface area contributed by atoms with Crippen molar-refractivity contribution in [1.29, 1.82) is 0 Å². The maximum absolute atomic E-state index is 12.9. The number of carboxylic acids is 1. The zero-order chi connectivity index (χ0) is 24.9. The number of carbonyl (C=O) groups excluding carboxylic acids is 1. The number of epoxide rings is 1. The van der Waals surface area contributed by atoms with Gasteiger partial charge in [-0.05, 0) is 87.9 Å². The molecule has 4 aliphatic carbocycles. The molecule has 190 valence electrons. The van der Waals surface area contributed by atoms with Crippen LogP contribution in [0.5, 0.6) is 0 Å². The van der Waals surface area contributed by atoms with Gasteiger partial charge in [0.25, 0.3) is 0 Å². The van der Waals surface area contributed by atoms with E-state index in [-0.39, 0.29) is 32.9 Å². The molecule has 8 atom stereocenters. The second kappa shape index (κ2) is 7.20. The van der Waals surface area contributed by atoms with Gasteiger partial charge in [-0.3, -0.25) is 4.79 Å². The van der Waals surface area contributed by atoms with Crippen LogP contribution in [0.3, 0.4) is 0 Å². The number of allylic oxidation sites excluding steroid dienone is 1. The molecule has 1 heterocycles. The second-order valence-electron chi connectivity index (χ2n) is 14.1. The van der Waals surface area contributed by atoms with Crippen molar-refractivity contribution >= 4 is 11.8 Å². The van der Waals surface area contributed by atoms with Crippen LogP contribution in [0.15, 0.2) is 11.6 Å². The molecule has 1 aliphatic heterocycles. The molecule has 4 saturated carbocycles. The number of carboxylic acid groups (broad SMARTS) is 1. The number of Topliss-reactive ketones (excluding diaryl/α,β-unsaturated/α-hetero) is 1. The van der Waals surface area contributed by atoms with Gasteiger partial charge >= 0.3 is 5.97 Å². The van der Waals surface area contributed by atoms with E-state index in [0.717, 1.165) is 38.5 Å². The Hall–Kier alpha value is -1.16. The van der Waals surface area contributed by atoms with Crippen LogP contribution in [-0.2, 0) is 14.3 Å². The van der Waals surface area contributed by atoms with Gasteiger partial charge in [0, 0.05) is 28.2 Å². The third kappa shape index (κ3) is 2.65. The highest BCUT2D eigenvalue weighted by atomic mass is 16.6. The van der Waals surface area contributed by atoms with Gasteiger partial charge in [0.1, 0.15) is 17.0 Å². The Labute approximate surface area is 206 Å². The molecule has 4 heteroatoms.